The van der Waals surface area contributed by atoms with Crippen LogP contribution in [0.1, 0.15) is 34.0 Å². The molecule has 0 bridgehead atoms. The number of hydrogen-bond donors (Lipinski definition) is 1. The second kappa shape index (κ2) is 7.49. The van der Waals surface area contributed by atoms with Gasteiger partial charge in [-0.2, -0.15) is 0 Å². The van der Waals surface area contributed by atoms with Gasteiger partial charge in [0.25, 0.3) is 0 Å². The van der Waals surface area contributed by atoms with E-state index < -0.39 is 6.10 Å². The van der Waals surface area contributed by atoms with Crippen molar-refractivity contribution in [1.82, 2.24) is 4.90 Å². The van der Waals surface area contributed by atoms with Crippen LogP contribution in [0.3, 0.4) is 0 Å². The molecule has 1 heterocycles. The van der Waals surface area contributed by atoms with Crippen molar-refractivity contribution < 1.29 is 14.3 Å². The van der Waals surface area contributed by atoms with Crippen LogP contribution in [-0.2, 0) is 16.0 Å². The summed E-state index contributed by atoms with van der Waals surface area (Å²) in [5, 5.41) is 2.87. The first-order chi connectivity index (χ1) is 12.0. The fourth-order valence-corrected chi connectivity index (χ4v) is 2.86. The first kappa shape index (κ1) is 17.2. The van der Waals surface area contributed by atoms with Gasteiger partial charge in [0.05, 0.1) is 12.0 Å². The van der Waals surface area contributed by atoms with E-state index in [0.717, 1.165) is 24.2 Å². The highest BCUT2D eigenvalue weighted by Gasteiger charge is 2.31. The smallest absolute Gasteiger partial charge is 0.339 e. The normalized spacial score (nSPS) is 15.8. The Labute approximate surface area is 147 Å². The molecule has 0 aromatic heterocycles. The van der Waals surface area contributed by atoms with E-state index in [9.17, 15) is 9.59 Å². The Morgan fingerprint density at radius 3 is 2.56 bits per heavy atom. The zero-order valence-electron chi connectivity index (χ0n) is 14.5. The largest absolute Gasteiger partial charge is 0.453 e. The quantitative estimate of drug-likeness (QED) is 0.823. The third kappa shape index (κ3) is 4.25. The van der Waals surface area contributed by atoms with E-state index in [0.29, 0.717) is 5.56 Å². The fourth-order valence-electron chi connectivity index (χ4n) is 2.86. The maximum Gasteiger partial charge on any atom is 0.339 e. The number of ether oxygens (including phenoxy) is 1. The van der Waals surface area contributed by atoms with Crippen LogP contribution in [0, 0.1) is 0 Å². The highest BCUT2D eigenvalue weighted by molar-refractivity contribution is 5.96. The molecule has 0 radical (unpaired) electrons. The highest BCUT2D eigenvalue weighted by atomic mass is 16.5. The molecular weight excluding hydrogens is 316 g/mol. The lowest BCUT2D eigenvalue weighted by Crippen LogP contribution is -2.16. The topological polar surface area (TPSA) is 58.6 Å². The minimum absolute atomic E-state index is 0.116. The van der Waals surface area contributed by atoms with E-state index in [1.807, 2.05) is 50.5 Å². The number of nitrogens with zero attached hydrogens (tertiary/aromatic N) is 1. The van der Waals surface area contributed by atoms with Crippen LogP contribution in [0.15, 0.2) is 48.5 Å². The Morgan fingerprint density at radius 1 is 1.12 bits per heavy atom. The highest BCUT2D eigenvalue weighted by Crippen LogP contribution is 2.32. The van der Waals surface area contributed by atoms with Crippen LogP contribution in [0.4, 0.5) is 5.69 Å². The molecule has 25 heavy (non-hydrogen) atoms. The van der Waals surface area contributed by atoms with Crippen molar-refractivity contribution in [3.8, 4) is 0 Å². The number of likely N-dealkylation sites (N-methyl/N-ethyl adjacent to an activating group) is 1. The molecule has 1 aliphatic rings. The van der Waals surface area contributed by atoms with Crippen LogP contribution in [0.5, 0.6) is 0 Å². The first-order valence-electron chi connectivity index (χ1n) is 8.36. The summed E-state index contributed by atoms with van der Waals surface area (Å²) in [4.78, 5) is 26.2. The lowest BCUT2D eigenvalue weighted by atomic mass is 10.0. The van der Waals surface area contributed by atoms with E-state index in [1.54, 1.807) is 12.1 Å². The van der Waals surface area contributed by atoms with Crippen LogP contribution in [0.25, 0.3) is 0 Å². The number of cyclic esters (lactones) is 1. The lowest BCUT2D eigenvalue weighted by Gasteiger charge is -2.12. The summed E-state index contributed by atoms with van der Waals surface area (Å²) < 4.78 is 5.31. The molecule has 1 atom stereocenters. The van der Waals surface area contributed by atoms with Gasteiger partial charge in [-0.1, -0.05) is 30.3 Å². The van der Waals surface area contributed by atoms with Gasteiger partial charge in [-0.3, -0.25) is 4.79 Å². The van der Waals surface area contributed by atoms with Crippen LogP contribution < -0.4 is 5.32 Å². The van der Waals surface area contributed by atoms with Crippen molar-refractivity contribution >= 4 is 17.6 Å². The summed E-state index contributed by atoms with van der Waals surface area (Å²) in [5.41, 5.74) is 3.30. The van der Waals surface area contributed by atoms with Gasteiger partial charge in [0, 0.05) is 17.8 Å². The van der Waals surface area contributed by atoms with E-state index in [2.05, 4.69) is 10.2 Å². The molecule has 1 aliphatic heterocycles. The average molecular weight is 338 g/mol. The Balaban J connectivity index is 1.57. The van der Waals surface area contributed by atoms with Crippen molar-refractivity contribution in [3.05, 3.63) is 65.2 Å². The molecule has 0 spiro atoms. The minimum atomic E-state index is -0.511. The Morgan fingerprint density at radius 2 is 1.84 bits per heavy atom. The second-order valence-corrected chi connectivity index (χ2v) is 6.48. The van der Waals surface area contributed by atoms with Gasteiger partial charge < -0.3 is 15.0 Å². The minimum Gasteiger partial charge on any atom is -0.453 e. The van der Waals surface area contributed by atoms with Crippen LogP contribution in [0.2, 0.25) is 0 Å². The molecule has 0 saturated heterocycles. The number of amides is 1. The van der Waals surface area contributed by atoms with Gasteiger partial charge in [-0.05, 0) is 44.3 Å². The van der Waals surface area contributed by atoms with Gasteiger partial charge >= 0.3 is 5.97 Å². The number of nitrogens with one attached hydrogen (secondary N) is 1. The molecule has 5 nitrogen and oxygen atoms in total. The van der Waals surface area contributed by atoms with E-state index in [4.69, 9.17) is 4.74 Å². The molecule has 5 heteroatoms. The van der Waals surface area contributed by atoms with Crippen LogP contribution in [-0.4, -0.2) is 37.4 Å². The van der Waals surface area contributed by atoms with Gasteiger partial charge in [-0.15, -0.1) is 0 Å². The zero-order chi connectivity index (χ0) is 17.8. The lowest BCUT2D eigenvalue weighted by molar-refractivity contribution is -0.118. The Kier molecular flexibility index (Phi) is 5.14. The number of hydrogen-bond acceptors (Lipinski definition) is 4. The van der Waals surface area contributed by atoms with E-state index >= 15 is 0 Å². The SMILES string of the molecule is CN(C)CCc1ccc(NC(=O)CC2OC(=O)c3ccccc32)cc1. The first-order valence-corrected chi connectivity index (χ1v) is 8.36. The van der Waals surface area contributed by atoms with Crippen molar-refractivity contribution in [2.45, 2.75) is 18.9 Å². The van der Waals surface area contributed by atoms with Gasteiger partial charge in [0.2, 0.25) is 5.91 Å². The summed E-state index contributed by atoms with van der Waals surface area (Å²) in [6.07, 6.45) is 0.573. The number of esters is 1. The summed E-state index contributed by atoms with van der Waals surface area (Å²) in [6, 6.07) is 15.0. The second-order valence-electron chi connectivity index (χ2n) is 6.48. The van der Waals surface area contributed by atoms with Crippen LogP contribution >= 0.6 is 0 Å². The standard InChI is InChI=1S/C20H22N2O3/c1-22(2)12-11-14-7-9-15(10-8-14)21-19(23)13-18-16-5-3-4-6-17(16)20(24)25-18/h3-10,18H,11-13H2,1-2H3,(H,21,23). The van der Waals surface area contributed by atoms with Gasteiger partial charge in [-0.25, -0.2) is 4.79 Å². The monoisotopic (exact) mass is 338 g/mol. The number of anilines is 1. The molecule has 1 amide bonds. The molecule has 0 saturated carbocycles. The average Bonchev–Trinajstić information content (AvgIpc) is 2.90. The molecule has 1 N–H and O–H groups in total. The molecule has 0 aliphatic carbocycles. The van der Waals surface area contributed by atoms with E-state index in [1.165, 1.54) is 5.56 Å². The summed E-state index contributed by atoms with van der Waals surface area (Å²) in [6.45, 7) is 0.984. The van der Waals surface area contributed by atoms with Crippen molar-refractivity contribution in [2.24, 2.45) is 0 Å². The third-order valence-corrected chi connectivity index (χ3v) is 4.23. The third-order valence-electron chi connectivity index (χ3n) is 4.23. The van der Waals surface area contributed by atoms with Gasteiger partial charge in [0.15, 0.2) is 0 Å². The van der Waals surface area contributed by atoms with Crippen molar-refractivity contribution in [3.63, 3.8) is 0 Å². The molecule has 1 unspecified atom stereocenters. The van der Waals surface area contributed by atoms with Crippen molar-refractivity contribution in [1.29, 1.82) is 0 Å². The molecule has 2 aromatic rings. The number of fused-ring (bicyclic) bond motifs is 1. The predicted octanol–water partition coefficient (Wildman–Crippen LogP) is 3.03. The zero-order valence-corrected chi connectivity index (χ0v) is 14.5. The van der Waals surface area contributed by atoms with Gasteiger partial charge in [0.1, 0.15) is 6.10 Å². The molecule has 3 rings (SSSR count). The summed E-state index contributed by atoms with van der Waals surface area (Å²) in [5.74, 6) is -0.533. The maximum atomic E-state index is 12.3. The summed E-state index contributed by atoms with van der Waals surface area (Å²) >= 11 is 0. The molecule has 2 aromatic carbocycles. The number of benzene rings is 2. The number of carbonyl (C=O) groups is 2. The predicted molar refractivity (Wildman–Crippen MR) is 96.5 cm³/mol. The molecule has 130 valence electrons. The van der Waals surface area contributed by atoms with Crippen molar-refractivity contribution in [2.75, 3.05) is 26.0 Å². The fraction of sp³-hybridized carbons (Fsp3) is 0.300. The Bertz CT molecular complexity index is 769. The van der Waals surface area contributed by atoms with E-state index in [-0.39, 0.29) is 18.3 Å². The number of rotatable bonds is 6. The number of carbonyl (C=O) groups excluding carboxylic acids is 2. The summed E-state index contributed by atoms with van der Waals surface area (Å²) in [7, 11) is 4.09. The Hall–Kier alpha value is -2.66. The maximum absolute atomic E-state index is 12.3. The molecule has 0 fully saturated rings. The molecular formula is C20H22N2O3.